The normalized spacial score (nSPS) is 17.4. The highest BCUT2D eigenvalue weighted by molar-refractivity contribution is 6.11. The number of carbonyl (C=O) groups is 1. The van der Waals surface area contributed by atoms with Crippen LogP contribution in [0.15, 0.2) is 71.4 Å². The van der Waals surface area contributed by atoms with E-state index in [-0.39, 0.29) is 18.4 Å². The zero-order valence-electron chi connectivity index (χ0n) is 12.6. The minimum Gasteiger partial charge on any atom is -0.454 e. The summed E-state index contributed by atoms with van der Waals surface area (Å²) < 4.78 is 15.8. The van der Waals surface area contributed by atoms with Crippen molar-refractivity contribution in [1.82, 2.24) is 0 Å². The number of esters is 1. The fraction of sp³-hybridized carbons (Fsp3) is 0.0526. The molecular weight excluding hydrogens is 306 g/mol. The van der Waals surface area contributed by atoms with Crippen LogP contribution in [0.1, 0.15) is 11.1 Å². The van der Waals surface area contributed by atoms with Crippen molar-refractivity contribution in [3.63, 3.8) is 0 Å². The molecule has 0 spiro atoms. The van der Waals surface area contributed by atoms with Gasteiger partial charge >= 0.3 is 5.97 Å². The van der Waals surface area contributed by atoms with Gasteiger partial charge in [-0.05, 0) is 29.8 Å². The molecule has 0 fully saturated rings. The first-order valence-corrected chi connectivity index (χ1v) is 7.44. The summed E-state index contributed by atoms with van der Waals surface area (Å²) in [5.41, 5.74) is 1.97. The van der Waals surface area contributed by atoms with E-state index in [9.17, 15) is 4.79 Å². The van der Waals surface area contributed by atoms with E-state index < -0.39 is 5.97 Å². The molecule has 0 N–H and O–H groups in total. The number of cyclic esters (lactones) is 1. The lowest BCUT2D eigenvalue weighted by Gasteiger charge is -2.01. The van der Waals surface area contributed by atoms with Gasteiger partial charge < -0.3 is 14.2 Å². The van der Waals surface area contributed by atoms with Crippen LogP contribution in [0, 0.1) is 0 Å². The van der Waals surface area contributed by atoms with Crippen molar-refractivity contribution in [3.8, 4) is 11.5 Å². The van der Waals surface area contributed by atoms with Crippen LogP contribution in [0.4, 0.5) is 0 Å². The molecule has 118 valence electrons. The summed E-state index contributed by atoms with van der Waals surface area (Å²) >= 11 is 0. The Labute approximate surface area is 138 Å². The van der Waals surface area contributed by atoms with Gasteiger partial charge in [0.25, 0.3) is 0 Å². The molecule has 2 aliphatic heterocycles. The van der Waals surface area contributed by atoms with Crippen molar-refractivity contribution in [3.05, 3.63) is 77.5 Å². The molecule has 0 saturated heterocycles. The van der Waals surface area contributed by atoms with Crippen molar-refractivity contribution < 1.29 is 19.0 Å². The van der Waals surface area contributed by atoms with E-state index in [0.29, 0.717) is 17.1 Å². The van der Waals surface area contributed by atoms with Crippen LogP contribution in [0.2, 0.25) is 0 Å². The molecule has 0 radical (unpaired) electrons. The van der Waals surface area contributed by atoms with Crippen LogP contribution in [-0.2, 0) is 9.53 Å². The minimum atomic E-state index is -0.472. The summed E-state index contributed by atoms with van der Waals surface area (Å²) in [5, 5.41) is 0. The van der Waals surface area contributed by atoms with Gasteiger partial charge in [-0.2, -0.15) is 0 Å². The molecule has 0 atom stereocenters. The van der Waals surface area contributed by atoms with Gasteiger partial charge in [-0.1, -0.05) is 42.5 Å². The molecule has 5 heteroatoms. The van der Waals surface area contributed by atoms with Crippen molar-refractivity contribution in [2.75, 3.05) is 6.79 Å². The quantitative estimate of drug-likeness (QED) is 0.643. The van der Waals surface area contributed by atoms with Gasteiger partial charge in [0, 0.05) is 5.56 Å². The third-order valence-electron chi connectivity index (χ3n) is 3.58. The Balaban J connectivity index is 1.56. The first-order valence-electron chi connectivity index (χ1n) is 7.44. The van der Waals surface area contributed by atoms with Crippen LogP contribution in [0.5, 0.6) is 11.5 Å². The van der Waals surface area contributed by atoms with Gasteiger partial charge in [0.1, 0.15) is 0 Å². The second-order valence-electron chi connectivity index (χ2n) is 5.20. The molecule has 0 saturated carbocycles. The number of aliphatic imine (C=N–C) groups is 1. The number of rotatable bonds is 3. The summed E-state index contributed by atoms with van der Waals surface area (Å²) in [7, 11) is 0. The van der Waals surface area contributed by atoms with Crippen molar-refractivity contribution in [2.24, 2.45) is 4.99 Å². The van der Waals surface area contributed by atoms with Gasteiger partial charge in [0.2, 0.25) is 12.7 Å². The maximum absolute atomic E-state index is 11.9. The maximum atomic E-state index is 11.9. The molecule has 0 amide bonds. The fourth-order valence-electron chi connectivity index (χ4n) is 2.39. The summed E-state index contributed by atoms with van der Waals surface area (Å²) in [5.74, 6) is 1.08. The monoisotopic (exact) mass is 319 g/mol. The minimum absolute atomic E-state index is 0.195. The topological polar surface area (TPSA) is 57.1 Å². The Bertz CT molecular complexity index is 881. The predicted molar refractivity (Wildman–Crippen MR) is 88.8 cm³/mol. The molecular formula is C19H13NO4. The Morgan fingerprint density at radius 1 is 1.00 bits per heavy atom. The molecule has 2 aliphatic rings. The van der Waals surface area contributed by atoms with Crippen LogP contribution in [0.25, 0.3) is 6.08 Å². The number of hydrogen-bond acceptors (Lipinski definition) is 5. The standard InChI is InChI=1S/C19H13NO4/c21-19-15(8-4-7-13-5-2-1-3-6-13)20-18(24-19)14-9-10-16-17(11-14)23-12-22-16/h1-11H,12H2/b7-4+,15-8-. The zero-order valence-corrected chi connectivity index (χ0v) is 12.6. The highest BCUT2D eigenvalue weighted by Crippen LogP contribution is 2.33. The average Bonchev–Trinajstić information content (AvgIpc) is 3.22. The summed E-state index contributed by atoms with van der Waals surface area (Å²) in [6.07, 6.45) is 5.31. The predicted octanol–water partition coefficient (Wildman–Crippen LogP) is 3.32. The molecule has 24 heavy (non-hydrogen) atoms. The first kappa shape index (κ1) is 14.3. The molecule has 0 aliphatic carbocycles. The second kappa shape index (κ2) is 6.04. The molecule has 2 aromatic rings. The summed E-state index contributed by atoms with van der Waals surface area (Å²) in [4.78, 5) is 16.2. The van der Waals surface area contributed by atoms with E-state index in [1.54, 1.807) is 30.4 Å². The van der Waals surface area contributed by atoms with E-state index in [1.807, 2.05) is 36.4 Å². The van der Waals surface area contributed by atoms with E-state index in [2.05, 4.69) is 4.99 Å². The lowest BCUT2D eigenvalue weighted by Crippen LogP contribution is -2.05. The van der Waals surface area contributed by atoms with Crippen LogP contribution < -0.4 is 9.47 Å². The largest absolute Gasteiger partial charge is 0.454 e. The van der Waals surface area contributed by atoms with Gasteiger partial charge in [0.05, 0.1) is 0 Å². The van der Waals surface area contributed by atoms with Gasteiger partial charge in [-0.25, -0.2) is 9.79 Å². The Kier molecular flexibility index (Phi) is 3.59. The molecule has 0 bridgehead atoms. The van der Waals surface area contributed by atoms with E-state index in [4.69, 9.17) is 14.2 Å². The number of fused-ring (bicyclic) bond motifs is 1. The number of allylic oxidation sites excluding steroid dienone is 2. The fourth-order valence-corrected chi connectivity index (χ4v) is 2.39. The Morgan fingerprint density at radius 2 is 1.83 bits per heavy atom. The smallest absolute Gasteiger partial charge is 0.363 e. The number of benzene rings is 2. The molecule has 2 aromatic carbocycles. The van der Waals surface area contributed by atoms with E-state index in [1.165, 1.54) is 0 Å². The molecule has 4 rings (SSSR count). The third-order valence-corrected chi connectivity index (χ3v) is 3.58. The summed E-state index contributed by atoms with van der Waals surface area (Å²) in [6, 6.07) is 15.1. The van der Waals surface area contributed by atoms with Gasteiger partial charge in [-0.3, -0.25) is 0 Å². The van der Waals surface area contributed by atoms with Crippen LogP contribution in [-0.4, -0.2) is 18.7 Å². The van der Waals surface area contributed by atoms with Crippen molar-refractivity contribution >= 4 is 17.9 Å². The molecule has 2 heterocycles. The number of nitrogens with zero attached hydrogens (tertiary/aromatic N) is 1. The first-order chi connectivity index (χ1) is 11.8. The molecule has 0 aromatic heterocycles. The number of ether oxygens (including phenoxy) is 3. The lowest BCUT2D eigenvalue weighted by atomic mass is 10.2. The van der Waals surface area contributed by atoms with Gasteiger partial charge in [0.15, 0.2) is 17.2 Å². The van der Waals surface area contributed by atoms with E-state index >= 15 is 0 Å². The summed E-state index contributed by atoms with van der Waals surface area (Å²) in [6.45, 7) is 0.195. The van der Waals surface area contributed by atoms with Crippen molar-refractivity contribution in [2.45, 2.75) is 0 Å². The lowest BCUT2D eigenvalue weighted by molar-refractivity contribution is -0.130. The zero-order chi connectivity index (χ0) is 16.4. The number of hydrogen-bond donors (Lipinski definition) is 0. The van der Waals surface area contributed by atoms with Crippen LogP contribution in [0.3, 0.4) is 0 Å². The molecule has 5 nitrogen and oxygen atoms in total. The second-order valence-corrected chi connectivity index (χ2v) is 5.20. The number of carbonyl (C=O) groups excluding carboxylic acids is 1. The highest BCUT2D eigenvalue weighted by Gasteiger charge is 2.25. The Hall–Kier alpha value is -3.34. The SMILES string of the molecule is O=C1OC(c2ccc3c(c2)OCO3)=N/C1=C\C=C\c1ccccc1. The average molecular weight is 319 g/mol. The third kappa shape index (κ3) is 2.79. The maximum Gasteiger partial charge on any atom is 0.363 e. The van der Waals surface area contributed by atoms with E-state index in [0.717, 1.165) is 5.56 Å². The Morgan fingerprint density at radius 3 is 2.71 bits per heavy atom. The van der Waals surface area contributed by atoms with Gasteiger partial charge in [-0.15, -0.1) is 0 Å². The molecule has 0 unspecified atom stereocenters. The van der Waals surface area contributed by atoms with Crippen molar-refractivity contribution in [1.29, 1.82) is 0 Å². The highest BCUT2D eigenvalue weighted by atomic mass is 16.7. The van der Waals surface area contributed by atoms with Crippen LogP contribution >= 0.6 is 0 Å².